The molecule has 0 aromatic heterocycles. The molecule has 0 heterocycles. The fraction of sp³-hybridized carbons (Fsp3) is 1.00. The molecule has 0 spiro atoms. The smallest absolute Gasteiger partial charge is 0.0897 e. The first-order chi connectivity index (χ1) is 9.16. The van der Waals surface area contributed by atoms with Gasteiger partial charge in [-0.3, -0.25) is 0 Å². The van der Waals surface area contributed by atoms with Gasteiger partial charge >= 0.3 is 0 Å². The molecule has 0 aromatic carbocycles. The number of nitrogens with one attached hydrogen (secondary N) is 1. The molecule has 1 atom stereocenters. The number of rotatable bonds is 14. The van der Waals surface area contributed by atoms with Crippen LogP contribution < -0.4 is 5.32 Å². The van der Waals surface area contributed by atoms with E-state index in [2.05, 4.69) is 19.2 Å². The first-order valence-electron chi connectivity index (χ1n) is 7.62. The number of aliphatic hydroxyl groups is 1. The number of ether oxygens (including phenoxy) is 2. The highest BCUT2D eigenvalue weighted by molar-refractivity contribution is 4.58. The Labute approximate surface area is 118 Å². The summed E-state index contributed by atoms with van der Waals surface area (Å²) in [5, 5.41) is 12.9. The predicted octanol–water partition coefficient (Wildman–Crippen LogP) is 2.21. The van der Waals surface area contributed by atoms with E-state index in [1.54, 1.807) is 7.11 Å². The van der Waals surface area contributed by atoms with Crippen molar-refractivity contribution in [1.29, 1.82) is 0 Å². The quantitative estimate of drug-likeness (QED) is 0.477. The van der Waals surface area contributed by atoms with E-state index in [9.17, 15) is 5.11 Å². The maximum Gasteiger partial charge on any atom is 0.0897 e. The lowest BCUT2D eigenvalue weighted by Crippen LogP contribution is -2.31. The normalized spacial score (nSPS) is 13.1. The number of unbranched alkanes of at least 4 members (excludes halogenated alkanes) is 3. The average molecular weight is 275 g/mol. The van der Waals surface area contributed by atoms with Gasteiger partial charge in [-0.1, -0.05) is 39.5 Å². The SMILES string of the molecule is COCCOCC(O)CNCCCCCCC(C)C. The highest BCUT2D eigenvalue weighted by atomic mass is 16.5. The summed E-state index contributed by atoms with van der Waals surface area (Å²) in [6.07, 6.45) is 6.05. The molecule has 116 valence electrons. The maximum absolute atomic E-state index is 9.62. The molecule has 4 heteroatoms. The van der Waals surface area contributed by atoms with Crippen LogP contribution in [0.5, 0.6) is 0 Å². The van der Waals surface area contributed by atoms with Crippen LogP contribution in [-0.4, -0.2) is 51.2 Å². The van der Waals surface area contributed by atoms with Crippen LogP contribution in [0.3, 0.4) is 0 Å². The summed E-state index contributed by atoms with van der Waals surface area (Å²) in [6.45, 7) is 7.65. The lowest BCUT2D eigenvalue weighted by molar-refractivity contribution is 0.0138. The van der Waals surface area contributed by atoms with Crippen molar-refractivity contribution in [1.82, 2.24) is 5.32 Å². The second-order valence-electron chi connectivity index (χ2n) is 5.52. The Morgan fingerprint density at radius 1 is 1.05 bits per heavy atom. The predicted molar refractivity (Wildman–Crippen MR) is 79.5 cm³/mol. The van der Waals surface area contributed by atoms with Crippen LogP contribution in [0.4, 0.5) is 0 Å². The van der Waals surface area contributed by atoms with Crippen molar-refractivity contribution in [3.8, 4) is 0 Å². The van der Waals surface area contributed by atoms with Crippen LogP contribution >= 0.6 is 0 Å². The van der Waals surface area contributed by atoms with Crippen molar-refractivity contribution in [2.45, 2.75) is 52.1 Å². The zero-order valence-electron chi connectivity index (χ0n) is 13.0. The number of aliphatic hydroxyl groups excluding tert-OH is 1. The topological polar surface area (TPSA) is 50.7 Å². The van der Waals surface area contributed by atoms with Gasteiger partial charge in [0.1, 0.15) is 0 Å². The molecule has 0 radical (unpaired) electrons. The Balaban J connectivity index is 3.12. The van der Waals surface area contributed by atoms with Gasteiger partial charge in [0.15, 0.2) is 0 Å². The van der Waals surface area contributed by atoms with Crippen molar-refractivity contribution < 1.29 is 14.6 Å². The molecule has 0 aliphatic rings. The highest BCUT2D eigenvalue weighted by Crippen LogP contribution is 2.08. The molecule has 0 aliphatic carbocycles. The summed E-state index contributed by atoms with van der Waals surface area (Å²) >= 11 is 0. The Bertz CT molecular complexity index is 177. The number of hydrogen-bond acceptors (Lipinski definition) is 4. The molecule has 4 nitrogen and oxygen atoms in total. The maximum atomic E-state index is 9.62. The van der Waals surface area contributed by atoms with E-state index in [-0.39, 0.29) is 0 Å². The molecular formula is C15H33NO3. The summed E-state index contributed by atoms with van der Waals surface area (Å²) < 4.78 is 10.1. The average Bonchev–Trinajstić information content (AvgIpc) is 2.37. The van der Waals surface area contributed by atoms with Crippen LogP contribution in [0.1, 0.15) is 46.0 Å². The Morgan fingerprint density at radius 3 is 2.47 bits per heavy atom. The number of hydrogen-bond donors (Lipinski definition) is 2. The van der Waals surface area contributed by atoms with E-state index in [4.69, 9.17) is 9.47 Å². The molecule has 0 aliphatic heterocycles. The summed E-state index contributed by atoms with van der Waals surface area (Å²) in [5.74, 6) is 0.825. The minimum absolute atomic E-state index is 0.380. The molecule has 0 saturated carbocycles. The van der Waals surface area contributed by atoms with Gasteiger partial charge in [0.2, 0.25) is 0 Å². The van der Waals surface area contributed by atoms with Gasteiger partial charge < -0.3 is 19.9 Å². The standard InChI is InChI=1S/C15H33NO3/c1-14(2)8-6-4-5-7-9-16-12-15(17)13-19-11-10-18-3/h14-17H,4-13H2,1-3H3. The van der Waals surface area contributed by atoms with Crippen LogP contribution in [0.2, 0.25) is 0 Å². The molecule has 0 fully saturated rings. The zero-order valence-corrected chi connectivity index (χ0v) is 13.0. The zero-order chi connectivity index (χ0) is 14.3. The fourth-order valence-electron chi connectivity index (χ4n) is 1.85. The largest absolute Gasteiger partial charge is 0.389 e. The third-order valence-electron chi connectivity index (χ3n) is 3.01. The highest BCUT2D eigenvalue weighted by Gasteiger charge is 2.03. The minimum Gasteiger partial charge on any atom is -0.389 e. The molecular weight excluding hydrogens is 242 g/mol. The van der Waals surface area contributed by atoms with Gasteiger partial charge in [-0.05, 0) is 18.9 Å². The van der Waals surface area contributed by atoms with Gasteiger partial charge in [0, 0.05) is 13.7 Å². The molecule has 0 saturated heterocycles. The lowest BCUT2D eigenvalue weighted by Gasteiger charge is -2.12. The molecule has 0 rings (SSSR count). The van der Waals surface area contributed by atoms with Crippen molar-refractivity contribution in [2.75, 3.05) is 40.0 Å². The molecule has 0 aromatic rings. The number of methoxy groups -OCH3 is 1. The van der Waals surface area contributed by atoms with E-state index < -0.39 is 6.10 Å². The molecule has 0 bridgehead atoms. The van der Waals surface area contributed by atoms with Gasteiger partial charge in [0.05, 0.1) is 25.9 Å². The van der Waals surface area contributed by atoms with Crippen LogP contribution in [0.25, 0.3) is 0 Å². The monoisotopic (exact) mass is 275 g/mol. The minimum atomic E-state index is -0.419. The van der Waals surface area contributed by atoms with Crippen LogP contribution in [0, 0.1) is 5.92 Å². The van der Waals surface area contributed by atoms with Crippen molar-refractivity contribution in [3.05, 3.63) is 0 Å². The molecule has 0 amide bonds. The van der Waals surface area contributed by atoms with E-state index in [0.29, 0.717) is 26.4 Å². The third-order valence-corrected chi connectivity index (χ3v) is 3.01. The summed E-state index contributed by atoms with van der Waals surface area (Å²) in [4.78, 5) is 0. The first-order valence-corrected chi connectivity index (χ1v) is 7.62. The van der Waals surface area contributed by atoms with E-state index in [0.717, 1.165) is 12.5 Å². The van der Waals surface area contributed by atoms with E-state index >= 15 is 0 Å². The molecule has 1 unspecified atom stereocenters. The summed E-state index contributed by atoms with van der Waals surface area (Å²) in [6, 6.07) is 0. The second-order valence-corrected chi connectivity index (χ2v) is 5.52. The Kier molecular flexibility index (Phi) is 14.1. The van der Waals surface area contributed by atoms with Crippen LogP contribution in [-0.2, 0) is 9.47 Å². The first kappa shape index (κ1) is 18.8. The van der Waals surface area contributed by atoms with Gasteiger partial charge in [-0.25, -0.2) is 0 Å². The van der Waals surface area contributed by atoms with Gasteiger partial charge in [-0.15, -0.1) is 0 Å². The van der Waals surface area contributed by atoms with Gasteiger partial charge in [-0.2, -0.15) is 0 Å². The van der Waals surface area contributed by atoms with Crippen molar-refractivity contribution in [2.24, 2.45) is 5.92 Å². The Hall–Kier alpha value is -0.160. The van der Waals surface area contributed by atoms with E-state index in [1.165, 1.54) is 32.1 Å². The summed E-state index contributed by atoms with van der Waals surface area (Å²) in [5.41, 5.74) is 0. The summed E-state index contributed by atoms with van der Waals surface area (Å²) in [7, 11) is 1.64. The molecule has 19 heavy (non-hydrogen) atoms. The van der Waals surface area contributed by atoms with Gasteiger partial charge in [0.25, 0.3) is 0 Å². The van der Waals surface area contributed by atoms with Crippen LogP contribution in [0.15, 0.2) is 0 Å². The van der Waals surface area contributed by atoms with Crippen molar-refractivity contribution >= 4 is 0 Å². The fourth-order valence-corrected chi connectivity index (χ4v) is 1.85. The molecule has 2 N–H and O–H groups in total. The second kappa shape index (κ2) is 14.3. The Morgan fingerprint density at radius 2 is 1.79 bits per heavy atom. The van der Waals surface area contributed by atoms with E-state index in [1.807, 2.05) is 0 Å². The van der Waals surface area contributed by atoms with Crippen molar-refractivity contribution in [3.63, 3.8) is 0 Å². The lowest BCUT2D eigenvalue weighted by atomic mass is 10.0. The third kappa shape index (κ3) is 15.8.